The Kier molecular flexibility index (Phi) is 8.53. The number of piperazine rings is 1. The summed E-state index contributed by atoms with van der Waals surface area (Å²) in [4.78, 5) is 41.7. The van der Waals surface area contributed by atoms with Gasteiger partial charge in [-0.15, -0.1) is 11.8 Å². The Morgan fingerprint density at radius 2 is 1.89 bits per heavy atom. The molecule has 2 aromatic rings. The number of benzene rings is 1. The van der Waals surface area contributed by atoms with Crippen molar-refractivity contribution in [3.63, 3.8) is 0 Å². The molecule has 236 valence electrons. The van der Waals surface area contributed by atoms with Crippen LogP contribution < -0.4 is 20.4 Å². The van der Waals surface area contributed by atoms with Gasteiger partial charge in [0.25, 0.3) is 0 Å². The molecule has 0 amide bonds. The summed E-state index contributed by atoms with van der Waals surface area (Å²) in [6, 6.07) is 1.04. The lowest BCUT2D eigenvalue weighted by atomic mass is 9.92. The molecular weight excluding hydrogens is 607 g/mol. The van der Waals surface area contributed by atoms with Crippen LogP contribution in [0.25, 0.3) is 10.9 Å². The van der Waals surface area contributed by atoms with E-state index in [0.717, 1.165) is 49.6 Å². The number of halogens is 1. The summed E-state index contributed by atoms with van der Waals surface area (Å²) < 4.78 is 28.6. The van der Waals surface area contributed by atoms with Crippen molar-refractivity contribution >= 4 is 57.6 Å². The molecule has 1 saturated heterocycles. The van der Waals surface area contributed by atoms with Crippen molar-refractivity contribution in [3.8, 4) is 5.75 Å². The van der Waals surface area contributed by atoms with Gasteiger partial charge in [-0.2, -0.15) is 0 Å². The van der Waals surface area contributed by atoms with E-state index in [1.807, 2.05) is 16.7 Å². The second-order valence-corrected chi connectivity index (χ2v) is 13.6. The van der Waals surface area contributed by atoms with Crippen molar-refractivity contribution in [3.05, 3.63) is 44.5 Å². The van der Waals surface area contributed by atoms with Crippen molar-refractivity contribution in [2.24, 2.45) is 5.92 Å². The monoisotopic (exact) mass is 644 g/mol. The molecule has 4 aliphatic rings. The van der Waals surface area contributed by atoms with E-state index in [9.17, 15) is 19.5 Å². The van der Waals surface area contributed by atoms with Crippen molar-refractivity contribution in [1.29, 1.82) is 0 Å². The molecule has 6 rings (SSSR count). The number of hydrogen-bond acceptors (Lipinski definition) is 8. The number of anilines is 1. The smallest absolute Gasteiger partial charge is 0.341 e. The highest BCUT2D eigenvalue weighted by Gasteiger charge is 2.41. The minimum atomic E-state index is -1.34. The first kappa shape index (κ1) is 30.7. The van der Waals surface area contributed by atoms with Crippen LogP contribution >= 0.6 is 24.0 Å². The third kappa shape index (κ3) is 5.42. The number of carbonyl (C=O) groups is 2. The number of thiocarbonyl (C=S) groups is 1. The molecule has 10 nitrogen and oxygen atoms in total. The summed E-state index contributed by atoms with van der Waals surface area (Å²) in [5.74, 6) is -1.93. The van der Waals surface area contributed by atoms with Crippen LogP contribution in [0.3, 0.4) is 0 Å². The number of esters is 1. The first-order valence-electron chi connectivity index (χ1n) is 15.1. The van der Waals surface area contributed by atoms with Crippen LogP contribution in [0.15, 0.2) is 27.7 Å². The minimum Gasteiger partial charge on any atom is -0.492 e. The molecule has 13 heteroatoms. The van der Waals surface area contributed by atoms with Crippen LogP contribution in [0.1, 0.15) is 68.3 Å². The molecule has 1 aromatic carbocycles. The Bertz CT molecular complexity index is 1620. The van der Waals surface area contributed by atoms with Crippen LogP contribution in [-0.2, 0) is 9.53 Å². The maximum Gasteiger partial charge on any atom is 0.341 e. The highest BCUT2D eigenvalue weighted by atomic mass is 32.2. The summed E-state index contributed by atoms with van der Waals surface area (Å²) in [6.07, 6.45) is 8.44. The predicted octanol–water partition coefficient (Wildman–Crippen LogP) is 4.65. The average Bonchev–Trinajstić information content (AvgIpc) is 3.82. The fourth-order valence-electron chi connectivity index (χ4n) is 6.93. The van der Waals surface area contributed by atoms with Gasteiger partial charge in [0.1, 0.15) is 11.3 Å². The minimum absolute atomic E-state index is 0.00743. The number of fused-ring (bicyclic) bond motifs is 2. The number of carboxylic acid groups (broad SMARTS) is 1. The lowest BCUT2D eigenvalue weighted by Crippen LogP contribution is -2.56. The van der Waals surface area contributed by atoms with Gasteiger partial charge in [-0.05, 0) is 50.9 Å². The molecule has 0 radical (unpaired) electrons. The van der Waals surface area contributed by atoms with Gasteiger partial charge in [0, 0.05) is 49.1 Å². The Balaban J connectivity index is 1.27. The number of thioether (sulfide) groups is 1. The molecule has 2 saturated carbocycles. The number of pyridine rings is 1. The Morgan fingerprint density at radius 3 is 2.55 bits per heavy atom. The molecule has 0 bridgehead atoms. The predicted molar refractivity (Wildman–Crippen MR) is 171 cm³/mol. The van der Waals surface area contributed by atoms with E-state index in [2.05, 4.69) is 5.32 Å². The topological polar surface area (TPSA) is 113 Å². The van der Waals surface area contributed by atoms with Crippen LogP contribution in [0.5, 0.6) is 5.75 Å². The number of aromatic carboxylic acids is 1. The fraction of sp³-hybridized carbons (Fsp3) is 0.548. The molecule has 44 heavy (non-hydrogen) atoms. The van der Waals surface area contributed by atoms with Gasteiger partial charge in [0.05, 0.1) is 35.7 Å². The summed E-state index contributed by atoms with van der Waals surface area (Å²) >= 11 is 7.54. The highest BCUT2D eigenvalue weighted by molar-refractivity contribution is 8.04. The second kappa shape index (κ2) is 12.2. The van der Waals surface area contributed by atoms with Crippen molar-refractivity contribution in [2.45, 2.75) is 69.2 Å². The van der Waals surface area contributed by atoms with Crippen LogP contribution in [0.4, 0.5) is 10.1 Å². The molecule has 3 unspecified atom stereocenters. The molecule has 0 spiro atoms. The Morgan fingerprint density at radius 1 is 1.14 bits per heavy atom. The largest absolute Gasteiger partial charge is 0.492 e. The number of carbonyl (C=O) groups excluding carboxylic acids is 1. The molecule has 2 N–H and O–H groups in total. The molecule has 3 fully saturated rings. The average molecular weight is 645 g/mol. The lowest BCUT2D eigenvalue weighted by molar-refractivity contribution is -0.136. The van der Waals surface area contributed by atoms with Crippen molar-refractivity contribution in [2.75, 3.05) is 38.8 Å². The molecule has 3 atom stereocenters. The maximum atomic E-state index is 15.9. The molecule has 3 heterocycles. The van der Waals surface area contributed by atoms with E-state index in [1.165, 1.54) is 26.8 Å². The number of hydrogen-bond donors (Lipinski definition) is 2. The maximum absolute atomic E-state index is 15.9. The Labute approximate surface area is 264 Å². The van der Waals surface area contributed by atoms with Gasteiger partial charge in [0.2, 0.25) is 5.43 Å². The SMILES string of the molecule is COC(=O)C1=C(NC(=S)N2CCN(c3c(F)cc4c(=O)c(C(=O)O)cn(C5CC5)c4c3OC)CC2C)SC2CCCCCC12. The summed E-state index contributed by atoms with van der Waals surface area (Å²) in [5.41, 5.74) is 0.218. The van der Waals surface area contributed by atoms with Crippen molar-refractivity contribution in [1.82, 2.24) is 14.8 Å². The normalized spacial score (nSPS) is 23.8. The van der Waals surface area contributed by atoms with Crippen molar-refractivity contribution < 1.29 is 28.6 Å². The molecule has 1 aromatic heterocycles. The number of aromatic nitrogens is 1. The van der Waals surface area contributed by atoms with Gasteiger partial charge in [-0.25, -0.2) is 14.0 Å². The lowest BCUT2D eigenvalue weighted by Gasteiger charge is -2.42. The number of nitrogens with one attached hydrogen (secondary N) is 1. The van der Waals surface area contributed by atoms with Gasteiger partial charge in [0.15, 0.2) is 16.7 Å². The van der Waals surface area contributed by atoms with E-state index in [0.29, 0.717) is 41.1 Å². The van der Waals surface area contributed by atoms with E-state index >= 15 is 4.39 Å². The molecule has 2 aliphatic carbocycles. The number of ether oxygens (including phenoxy) is 2. The first-order valence-corrected chi connectivity index (χ1v) is 16.4. The first-order chi connectivity index (χ1) is 21.1. The standard InChI is InChI=1S/C31H37FN4O6S2/c1-16-14-34(11-12-35(16)31(43)33-28-23(30(40)42-3)18-7-5-4-6-8-22(18)44-28)25-21(32)13-19-24(27(25)41-2)36(17-9-10-17)15-20(26(19)37)29(38)39/h13,15-18,22H,4-12,14H2,1-3H3,(H,33,43)(H,38,39). The van der Waals surface area contributed by atoms with Crippen LogP contribution in [0.2, 0.25) is 0 Å². The van der Waals surface area contributed by atoms with Crippen LogP contribution in [0, 0.1) is 11.7 Å². The van der Waals surface area contributed by atoms with E-state index in [4.69, 9.17) is 21.7 Å². The third-order valence-electron chi connectivity index (χ3n) is 9.24. The molecule has 2 aliphatic heterocycles. The fourth-order valence-corrected chi connectivity index (χ4v) is 8.91. The van der Waals surface area contributed by atoms with Gasteiger partial charge < -0.3 is 34.3 Å². The molecular formula is C31H37FN4O6S2. The third-order valence-corrected chi connectivity index (χ3v) is 11.0. The zero-order valence-electron chi connectivity index (χ0n) is 25.1. The second-order valence-electron chi connectivity index (χ2n) is 12.0. The van der Waals surface area contributed by atoms with Crippen LogP contribution in [-0.4, -0.2) is 76.8 Å². The summed E-state index contributed by atoms with van der Waals surface area (Å²) in [7, 11) is 2.85. The van der Waals surface area contributed by atoms with E-state index in [-0.39, 0.29) is 46.4 Å². The zero-order valence-corrected chi connectivity index (χ0v) is 26.7. The van der Waals surface area contributed by atoms with Gasteiger partial charge >= 0.3 is 11.9 Å². The zero-order chi connectivity index (χ0) is 31.3. The highest BCUT2D eigenvalue weighted by Crippen LogP contribution is 2.48. The van der Waals surface area contributed by atoms with Gasteiger partial charge in [-0.1, -0.05) is 19.3 Å². The number of carboxylic acids is 1. The Hall–Kier alpha value is -3.32. The number of rotatable bonds is 6. The van der Waals surface area contributed by atoms with E-state index < -0.39 is 17.2 Å². The summed E-state index contributed by atoms with van der Waals surface area (Å²) in [5, 5.41) is 14.6. The quantitative estimate of drug-likeness (QED) is 0.339. The number of nitrogens with zero attached hydrogens (tertiary/aromatic N) is 3. The summed E-state index contributed by atoms with van der Waals surface area (Å²) in [6.45, 7) is 3.33. The van der Waals surface area contributed by atoms with Gasteiger partial charge in [-0.3, -0.25) is 4.79 Å². The van der Waals surface area contributed by atoms with E-state index in [1.54, 1.807) is 16.3 Å². The number of methoxy groups -OCH3 is 2.